The zero-order valence-corrected chi connectivity index (χ0v) is 12.8. The number of alkyl carbamates (subject to hydrolysis) is 1. The summed E-state index contributed by atoms with van der Waals surface area (Å²) < 4.78 is 5.08. The van der Waals surface area contributed by atoms with Crippen molar-refractivity contribution in [3.05, 3.63) is 0 Å². The SMILES string of the molecule is CC(C)(C)OC(=O)NCC(=S)N1CCS[C@@H]1C(=O)O. The third-order valence-electron chi connectivity index (χ3n) is 2.21. The molecule has 0 unspecified atom stereocenters. The molecular weight excluding hydrogens is 288 g/mol. The molecule has 108 valence electrons. The number of ether oxygens (including phenoxy) is 1. The summed E-state index contributed by atoms with van der Waals surface area (Å²) in [6.45, 7) is 5.98. The van der Waals surface area contributed by atoms with Crippen LogP contribution in [0.5, 0.6) is 0 Å². The van der Waals surface area contributed by atoms with Gasteiger partial charge in [0.15, 0.2) is 5.37 Å². The summed E-state index contributed by atoms with van der Waals surface area (Å²) in [5.74, 6) is -0.203. The number of carbonyl (C=O) groups is 2. The lowest BCUT2D eigenvalue weighted by atomic mass is 10.2. The van der Waals surface area contributed by atoms with Gasteiger partial charge < -0.3 is 20.1 Å². The van der Waals surface area contributed by atoms with Crippen LogP contribution in [0, 0.1) is 0 Å². The van der Waals surface area contributed by atoms with Crippen LogP contribution in [-0.4, -0.2) is 56.9 Å². The Labute approximate surface area is 121 Å². The minimum Gasteiger partial charge on any atom is -0.479 e. The Bertz CT molecular complexity index is 381. The highest BCUT2D eigenvalue weighted by Crippen LogP contribution is 2.24. The molecule has 1 aliphatic heterocycles. The van der Waals surface area contributed by atoms with Crippen molar-refractivity contribution in [2.75, 3.05) is 18.8 Å². The molecule has 2 N–H and O–H groups in total. The number of thioether (sulfide) groups is 1. The van der Waals surface area contributed by atoms with Gasteiger partial charge in [-0.2, -0.15) is 0 Å². The summed E-state index contributed by atoms with van der Waals surface area (Å²) in [4.78, 5) is 24.5. The largest absolute Gasteiger partial charge is 0.479 e. The van der Waals surface area contributed by atoms with Crippen LogP contribution >= 0.6 is 24.0 Å². The molecule has 6 nitrogen and oxygen atoms in total. The summed E-state index contributed by atoms with van der Waals surface area (Å²) in [7, 11) is 0. The van der Waals surface area contributed by atoms with Crippen LogP contribution in [0.4, 0.5) is 4.79 Å². The van der Waals surface area contributed by atoms with E-state index in [1.165, 1.54) is 11.8 Å². The van der Waals surface area contributed by atoms with Crippen LogP contribution in [-0.2, 0) is 9.53 Å². The fourth-order valence-corrected chi connectivity index (χ4v) is 2.91. The number of nitrogens with zero attached hydrogens (tertiary/aromatic N) is 1. The molecule has 0 aromatic rings. The van der Waals surface area contributed by atoms with Gasteiger partial charge in [-0.15, -0.1) is 11.8 Å². The first-order chi connectivity index (χ1) is 8.70. The van der Waals surface area contributed by atoms with Crippen LogP contribution in [0.25, 0.3) is 0 Å². The predicted octanol–water partition coefficient (Wildman–Crippen LogP) is 1.30. The smallest absolute Gasteiger partial charge is 0.408 e. The standard InChI is InChI=1S/C11H18N2O4S2/c1-11(2,3)17-10(16)12-6-7(18)13-4-5-19-8(13)9(14)15/h8H,4-6H2,1-3H3,(H,12,16)(H,14,15)/t8-/m1/s1. The Hall–Kier alpha value is -1.02. The maximum absolute atomic E-state index is 11.5. The highest BCUT2D eigenvalue weighted by atomic mass is 32.2. The van der Waals surface area contributed by atoms with E-state index < -0.39 is 23.0 Å². The van der Waals surface area contributed by atoms with E-state index in [0.717, 1.165) is 0 Å². The average molecular weight is 306 g/mol. The van der Waals surface area contributed by atoms with E-state index in [0.29, 0.717) is 17.3 Å². The molecule has 1 aliphatic rings. The number of carboxylic acids is 1. The molecule has 19 heavy (non-hydrogen) atoms. The first kappa shape index (κ1) is 16.0. The van der Waals surface area contributed by atoms with Crippen molar-refractivity contribution in [1.29, 1.82) is 0 Å². The van der Waals surface area contributed by atoms with E-state index in [2.05, 4.69) is 5.32 Å². The van der Waals surface area contributed by atoms with Crippen molar-refractivity contribution in [2.24, 2.45) is 0 Å². The lowest BCUT2D eigenvalue weighted by Crippen LogP contribution is -2.44. The first-order valence-electron chi connectivity index (χ1n) is 5.81. The van der Waals surface area contributed by atoms with E-state index in [9.17, 15) is 9.59 Å². The second-order valence-electron chi connectivity index (χ2n) is 5.00. The number of aliphatic carboxylic acids is 1. The Morgan fingerprint density at radius 2 is 2.16 bits per heavy atom. The Kier molecular flexibility index (Phi) is 5.42. The minimum absolute atomic E-state index is 0.106. The molecule has 0 aliphatic carbocycles. The fraction of sp³-hybridized carbons (Fsp3) is 0.727. The number of carboxylic acid groups (broad SMARTS) is 1. The highest BCUT2D eigenvalue weighted by Gasteiger charge is 2.32. The van der Waals surface area contributed by atoms with Crippen LogP contribution in [0.3, 0.4) is 0 Å². The van der Waals surface area contributed by atoms with Gasteiger partial charge in [0.2, 0.25) is 0 Å². The summed E-state index contributed by atoms with van der Waals surface area (Å²) in [6, 6.07) is 0. The van der Waals surface area contributed by atoms with Gasteiger partial charge in [0, 0.05) is 12.3 Å². The van der Waals surface area contributed by atoms with Gasteiger partial charge in [0.05, 0.1) is 11.5 Å². The van der Waals surface area contributed by atoms with Gasteiger partial charge in [0.1, 0.15) is 5.60 Å². The van der Waals surface area contributed by atoms with Crippen LogP contribution in [0.2, 0.25) is 0 Å². The number of carbonyl (C=O) groups excluding carboxylic acids is 1. The van der Waals surface area contributed by atoms with E-state index >= 15 is 0 Å². The molecule has 1 atom stereocenters. The summed E-state index contributed by atoms with van der Waals surface area (Å²) in [5.41, 5.74) is -0.571. The molecule has 8 heteroatoms. The molecule has 1 rings (SSSR count). The normalized spacial score (nSPS) is 19.1. The first-order valence-corrected chi connectivity index (χ1v) is 7.27. The monoisotopic (exact) mass is 306 g/mol. The lowest BCUT2D eigenvalue weighted by Gasteiger charge is -2.24. The quantitative estimate of drug-likeness (QED) is 0.761. The molecule has 0 spiro atoms. The van der Waals surface area contributed by atoms with Crippen molar-refractivity contribution in [3.63, 3.8) is 0 Å². The second-order valence-corrected chi connectivity index (χ2v) is 6.66. The molecule has 0 aromatic carbocycles. The average Bonchev–Trinajstić information content (AvgIpc) is 2.72. The number of hydrogen-bond donors (Lipinski definition) is 2. The number of thiocarbonyl (C=S) groups is 1. The lowest BCUT2D eigenvalue weighted by molar-refractivity contribution is -0.138. The molecule has 0 saturated carbocycles. The molecule has 1 saturated heterocycles. The Balaban J connectivity index is 2.43. The number of rotatable bonds is 3. The maximum atomic E-state index is 11.5. The Morgan fingerprint density at radius 3 is 2.68 bits per heavy atom. The third kappa shape index (κ3) is 5.23. The van der Waals surface area contributed by atoms with Gasteiger partial charge in [-0.25, -0.2) is 9.59 Å². The molecule has 1 amide bonds. The summed E-state index contributed by atoms with van der Waals surface area (Å²) in [5, 5.41) is 10.9. The molecule has 0 aromatic heterocycles. The number of hydrogen-bond acceptors (Lipinski definition) is 5. The van der Waals surface area contributed by atoms with Crippen molar-refractivity contribution >= 4 is 41.0 Å². The topological polar surface area (TPSA) is 78.9 Å². The summed E-state index contributed by atoms with van der Waals surface area (Å²) in [6.07, 6.45) is -0.562. The predicted molar refractivity (Wildman–Crippen MR) is 77.4 cm³/mol. The van der Waals surface area contributed by atoms with E-state index in [4.69, 9.17) is 22.1 Å². The van der Waals surface area contributed by atoms with Crippen molar-refractivity contribution < 1.29 is 19.4 Å². The third-order valence-corrected chi connectivity index (χ3v) is 3.77. The molecule has 0 bridgehead atoms. The number of amides is 1. The van der Waals surface area contributed by atoms with Crippen molar-refractivity contribution in [2.45, 2.75) is 31.7 Å². The van der Waals surface area contributed by atoms with Crippen molar-refractivity contribution in [3.8, 4) is 0 Å². The summed E-state index contributed by atoms with van der Waals surface area (Å²) >= 11 is 6.47. The van der Waals surface area contributed by atoms with Gasteiger partial charge in [-0.05, 0) is 20.8 Å². The molecular formula is C11H18N2O4S2. The number of nitrogens with one attached hydrogen (secondary N) is 1. The van der Waals surface area contributed by atoms with Crippen molar-refractivity contribution in [1.82, 2.24) is 10.2 Å². The Morgan fingerprint density at radius 1 is 1.53 bits per heavy atom. The molecule has 1 fully saturated rings. The minimum atomic E-state index is -0.915. The molecule has 1 heterocycles. The second kappa shape index (κ2) is 6.42. The highest BCUT2D eigenvalue weighted by molar-refractivity contribution is 8.00. The zero-order valence-electron chi connectivity index (χ0n) is 11.1. The fourth-order valence-electron chi connectivity index (χ4n) is 1.49. The van der Waals surface area contributed by atoms with Gasteiger partial charge >= 0.3 is 12.1 Å². The van der Waals surface area contributed by atoms with E-state index in [1.54, 1.807) is 25.7 Å². The van der Waals surface area contributed by atoms with Gasteiger partial charge in [0.25, 0.3) is 0 Å². The molecule has 0 radical (unpaired) electrons. The maximum Gasteiger partial charge on any atom is 0.408 e. The van der Waals surface area contributed by atoms with Gasteiger partial charge in [-0.3, -0.25) is 0 Å². The van der Waals surface area contributed by atoms with Crippen LogP contribution in [0.15, 0.2) is 0 Å². The van der Waals surface area contributed by atoms with Crippen LogP contribution < -0.4 is 5.32 Å². The van der Waals surface area contributed by atoms with E-state index in [-0.39, 0.29) is 6.54 Å². The van der Waals surface area contributed by atoms with E-state index in [1.807, 2.05) is 0 Å². The zero-order chi connectivity index (χ0) is 14.6. The van der Waals surface area contributed by atoms with Crippen LogP contribution in [0.1, 0.15) is 20.8 Å². The van der Waals surface area contributed by atoms with Gasteiger partial charge in [-0.1, -0.05) is 12.2 Å².